The van der Waals surface area contributed by atoms with Crippen molar-refractivity contribution < 1.29 is 4.39 Å². The zero-order chi connectivity index (χ0) is 13.8. The summed E-state index contributed by atoms with van der Waals surface area (Å²) in [5, 5.41) is 7.37. The van der Waals surface area contributed by atoms with Gasteiger partial charge in [0.15, 0.2) is 0 Å². The maximum absolute atomic E-state index is 13.8. The molecule has 98 valence electrons. The fourth-order valence-corrected chi connectivity index (χ4v) is 1.72. The Morgan fingerprint density at radius 3 is 2.74 bits per heavy atom. The van der Waals surface area contributed by atoms with Crippen LogP contribution in [-0.2, 0) is 0 Å². The molecular weight excluding hydrogens is 245 g/mol. The van der Waals surface area contributed by atoms with Crippen molar-refractivity contribution in [3.63, 3.8) is 0 Å². The van der Waals surface area contributed by atoms with E-state index in [1.807, 2.05) is 6.92 Å². The lowest BCUT2D eigenvalue weighted by molar-refractivity contribution is 0.624. The van der Waals surface area contributed by atoms with Crippen LogP contribution < -0.4 is 10.6 Å². The average molecular weight is 259 g/mol. The highest BCUT2D eigenvalue weighted by Gasteiger charge is 2.14. The molecule has 1 aromatic carbocycles. The molecule has 0 aliphatic rings. The molecule has 0 unspecified atom stereocenters. The zero-order valence-electron chi connectivity index (χ0n) is 10.5. The van der Waals surface area contributed by atoms with E-state index in [1.165, 1.54) is 12.3 Å². The molecule has 0 saturated carbocycles. The van der Waals surface area contributed by atoms with E-state index < -0.39 is 0 Å². The molecule has 0 fully saturated rings. The largest absolute Gasteiger partial charge is 0.382 e. The molecule has 0 amide bonds. The number of benzene rings is 1. The van der Waals surface area contributed by atoms with E-state index in [1.54, 1.807) is 29.2 Å². The predicted octanol–water partition coefficient (Wildman–Crippen LogP) is 2.06. The topological polar surface area (TPSA) is 78.9 Å². The molecule has 0 bridgehead atoms. The Kier molecular flexibility index (Phi) is 3.70. The summed E-state index contributed by atoms with van der Waals surface area (Å²) in [6.07, 6.45) is 1.50. The molecular formula is C13H14FN5. The number of rotatable bonds is 4. The van der Waals surface area contributed by atoms with Gasteiger partial charge in [0.2, 0.25) is 5.95 Å². The number of amidine groups is 1. The second kappa shape index (κ2) is 5.43. The van der Waals surface area contributed by atoms with Crippen LogP contribution in [0.5, 0.6) is 0 Å². The van der Waals surface area contributed by atoms with Crippen LogP contribution >= 0.6 is 0 Å². The first kappa shape index (κ1) is 12.9. The van der Waals surface area contributed by atoms with Crippen LogP contribution in [0.3, 0.4) is 0 Å². The third kappa shape index (κ3) is 2.67. The van der Waals surface area contributed by atoms with Crippen molar-refractivity contribution in [1.82, 2.24) is 9.97 Å². The molecule has 0 aliphatic heterocycles. The molecule has 0 spiro atoms. The van der Waals surface area contributed by atoms with Crippen molar-refractivity contribution in [3.8, 4) is 0 Å². The van der Waals surface area contributed by atoms with Crippen LogP contribution in [0.2, 0.25) is 0 Å². The molecule has 2 aromatic rings. The van der Waals surface area contributed by atoms with Crippen molar-refractivity contribution in [2.75, 3.05) is 11.4 Å². The van der Waals surface area contributed by atoms with Crippen molar-refractivity contribution in [2.24, 2.45) is 5.73 Å². The summed E-state index contributed by atoms with van der Waals surface area (Å²) < 4.78 is 13.8. The first-order valence-electron chi connectivity index (χ1n) is 5.83. The van der Waals surface area contributed by atoms with Gasteiger partial charge in [0, 0.05) is 12.7 Å². The molecule has 5 nitrogen and oxygen atoms in total. The highest BCUT2D eigenvalue weighted by atomic mass is 19.1. The lowest BCUT2D eigenvalue weighted by atomic mass is 10.3. The summed E-state index contributed by atoms with van der Waals surface area (Å²) in [4.78, 5) is 9.89. The van der Waals surface area contributed by atoms with E-state index >= 15 is 0 Å². The SMILES string of the molecule is CCN(c1nccc(C(=N)N)n1)c1ccccc1F. The van der Waals surface area contributed by atoms with E-state index in [4.69, 9.17) is 11.1 Å². The summed E-state index contributed by atoms with van der Waals surface area (Å²) in [7, 11) is 0. The van der Waals surface area contributed by atoms with Crippen LogP contribution in [0.25, 0.3) is 0 Å². The summed E-state index contributed by atoms with van der Waals surface area (Å²) >= 11 is 0. The monoisotopic (exact) mass is 259 g/mol. The van der Waals surface area contributed by atoms with E-state index in [2.05, 4.69) is 9.97 Å². The van der Waals surface area contributed by atoms with Gasteiger partial charge in [-0.1, -0.05) is 12.1 Å². The number of anilines is 2. The Bertz CT molecular complexity index is 599. The second-order valence-electron chi connectivity index (χ2n) is 3.85. The van der Waals surface area contributed by atoms with Crippen LogP contribution in [0.15, 0.2) is 36.5 Å². The van der Waals surface area contributed by atoms with E-state index in [0.717, 1.165) is 0 Å². The maximum Gasteiger partial charge on any atom is 0.230 e. The highest BCUT2D eigenvalue weighted by molar-refractivity contribution is 5.93. The smallest absolute Gasteiger partial charge is 0.230 e. The second-order valence-corrected chi connectivity index (χ2v) is 3.85. The van der Waals surface area contributed by atoms with Gasteiger partial charge in [-0.05, 0) is 25.1 Å². The fraction of sp³-hybridized carbons (Fsp3) is 0.154. The highest BCUT2D eigenvalue weighted by Crippen LogP contribution is 2.24. The Balaban J connectivity index is 2.45. The van der Waals surface area contributed by atoms with Gasteiger partial charge in [-0.25, -0.2) is 14.4 Å². The van der Waals surface area contributed by atoms with Crippen molar-refractivity contribution in [3.05, 3.63) is 48.0 Å². The Morgan fingerprint density at radius 2 is 2.11 bits per heavy atom. The number of nitrogen functional groups attached to an aromatic ring is 1. The fourth-order valence-electron chi connectivity index (χ4n) is 1.72. The van der Waals surface area contributed by atoms with Gasteiger partial charge in [-0.15, -0.1) is 0 Å². The molecule has 1 heterocycles. The number of halogens is 1. The van der Waals surface area contributed by atoms with Gasteiger partial charge in [-0.2, -0.15) is 0 Å². The zero-order valence-corrected chi connectivity index (χ0v) is 10.5. The minimum atomic E-state index is -0.346. The summed E-state index contributed by atoms with van der Waals surface area (Å²) in [6, 6.07) is 7.95. The van der Waals surface area contributed by atoms with Gasteiger partial charge in [-0.3, -0.25) is 5.41 Å². The molecule has 0 radical (unpaired) electrons. The number of nitrogens with zero attached hydrogens (tertiary/aromatic N) is 3. The maximum atomic E-state index is 13.8. The Labute approximate surface area is 110 Å². The lowest BCUT2D eigenvalue weighted by Gasteiger charge is -2.21. The Morgan fingerprint density at radius 1 is 1.37 bits per heavy atom. The Hall–Kier alpha value is -2.50. The normalized spacial score (nSPS) is 10.2. The van der Waals surface area contributed by atoms with Gasteiger partial charge < -0.3 is 10.6 Å². The first-order valence-corrected chi connectivity index (χ1v) is 5.83. The number of hydrogen-bond acceptors (Lipinski definition) is 4. The van der Waals surface area contributed by atoms with E-state index in [0.29, 0.717) is 23.9 Å². The minimum Gasteiger partial charge on any atom is -0.382 e. The van der Waals surface area contributed by atoms with Crippen LogP contribution in [0.4, 0.5) is 16.0 Å². The van der Waals surface area contributed by atoms with Crippen LogP contribution in [0.1, 0.15) is 12.6 Å². The quantitative estimate of drug-likeness (QED) is 0.650. The number of para-hydroxylation sites is 1. The van der Waals surface area contributed by atoms with Gasteiger partial charge in [0.1, 0.15) is 17.3 Å². The number of nitrogens with two attached hydrogens (primary N) is 1. The molecule has 0 saturated heterocycles. The summed E-state index contributed by atoms with van der Waals surface area (Å²) in [6.45, 7) is 2.37. The lowest BCUT2D eigenvalue weighted by Crippen LogP contribution is -2.22. The average Bonchev–Trinajstić information content (AvgIpc) is 2.42. The standard InChI is InChI=1S/C13H14FN5/c1-2-19(11-6-4-3-5-9(11)14)13-17-8-7-10(18-13)12(15)16/h3-8H,2H2,1H3,(H3,15,16). The number of hydrogen-bond donors (Lipinski definition) is 2. The number of nitrogens with one attached hydrogen (secondary N) is 1. The van der Waals surface area contributed by atoms with Crippen molar-refractivity contribution in [1.29, 1.82) is 5.41 Å². The molecule has 3 N–H and O–H groups in total. The molecule has 6 heteroatoms. The molecule has 0 atom stereocenters. The van der Waals surface area contributed by atoms with Gasteiger partial charge in [0.25, 0.3) is 0 Å². The molecule has 0 aliphatic carbocycles. The third-order valence-electron chi connectivity index (χ3n) is 2.62. The van der Waals surface area contributed by atoms with Gasteiger partial charge in [0.05, 0.1) is 5.69 Å². The molecule has 19 heavy (non-hydrogen) atoms. The third-order valence-corrected chi connectivity index (χ3v) is 2.62. The van der Waals surface area contributed by atoms with E-state index in [9.17, 15) is 4.39 Å². The predicted molar refractivity (Wildman–Crippen MR) is 72.1 cm³/mol. The minimum absolute atomic E-state index is 0.145. The van der Waals surface area contributed by atoms with E-state index in [-0.39, 0.29) is 11.7 Å². The van der Waals surface area contributed by atoms with Crippen LogP contribution in [-0.4, -0.2) is 22.3 Å². The molecule has 2 rings (SSSR count). The summed E-state index contributed by atoms with van der Waals surface area (Å²) in [5.74, 6) is -0.172. The van der Waals surface area contributed by atoms with Crippen LogP contribution in [0, 0.1) is 11.2 Å². The molecule has 1 aromatic heterocycles. The van der Waals surface area contributed by atoms with Gasteiger partial charge >= 0.3 is 0 Å². The number of aromatic nitrogens is 2. The van der Waals surface area contributed by atoms with Crippen molar-refractivity contribution in [2.45, 2.75) is 6.92 Å². The van der Waals surface area contributed by atoms with Crippen molar-refractivity contribution >= 4 is 17.5 Å². The first-order chi connectivity index (χ1) is 9.13. The summed E-state index contributed by atoms with van der Waals surface area (Å²) in [5.41, 5.74) is 6.11.